The molecule has 0 saturated heterocycles. The van der Waals surface area contributed by atoms with Crippen LogP contribution in [0.2, 0.25) is 0 Å². The van der Waals surface area contributed by atoms with Crippen LogP contribution in [0.15, 0.2) is 30.3 Å². The van der Waals surface area contributed by atoms with E-state index in [1.807, 2.05) is 0 Å². The zero-order valence-corrected chi connectivity index (χ0v) is 11.2. The summed E-state index contributed by atoms with van der Waals surface area (Å²) in [5.41, 5.74) is 1.57. The summed E-state index contributed by atoms with van der Waals surface area (Å²) in [4.78, 5) is 0. The molecule has 1 nitrogen and oxygen atoms in total. The summed E-state index contributed by atoms with van der Waals surface area (Å²) in [5, 5.41) is 3.90. The molecule has 1 atom stereocenters. The summed E-state index contributed by atoms with van der Waals surface area (Å²) in [5.74, 6) is 0. The van der Waals surface area contributed by atoms with Crippen LogP contribution in [0.1, 0.15) is 57.9 Å². The molecule has 0 amide bonds. The van der Waals surface area contributed by atoms with E-state index in [1.165, 1.54) is 37.7 Å². The number of rotatable bonds is 4. The van der Waals surface area contributed by atoms with Crippen LogP contribution in [-0.2, 0) is 5.54 Å². The van der Waals surface area contributed by atoms with Gasteiger partial charge < -0.3 is 5.32 Å². The van der Waals surface area contributed by atoms with Crippen LogP contribution in [0, 0.1) is 0 Å². The van der Waals surface area contributed by atoms with Gasteiger partial charge >= 0.3 is 0 Å². The monoisotopic (exact) mass is 231 g/mol. The third kappa shape index (κ3) is 3.10. The first kappa shape index (κ1) is 12.6. The van der Waals surface area contributed by atoms with Crippen LogP contribution >= 0.6 is 0 Å². The minimum Gasteiger partial charge on any atom is -0.305 e. The predicted molar refractivity (Wildman–Crippen MR) is 74.1 cm³/mol. The van der Waals surface area contributed by atoms with Gasteiger partial charge in [0.2, 0.25) is 0 Å². The Labute approximate surface area is 106 Å². The predicted octanol–water partition coefficient (Wildman–Crippen LogP) is 4.23. The van der Waals surface area contributed by atoms with E-state index in [-0.39, 0.29) is 5.54 Å². The average Bonchev–Trinajstić information content (AvgIpc) is 2.41. The van der Waals surface area contributed by atoms with Crippen molar-refractivity contribution in [2.75, 3.05) is 0 Å². The lowest BCUT2D eigenvalue weighted by molar-refractivity contribution is 0.259. The van der Waals surface area contributed by atoms with Gasteiger partial charge in [-0.15, -0.1) is 0 Å². The molecule has 0 spiro atoms. The van der Waals surface area contributed by atoms with E-state index in [2.05, 4.69) is 49.5 Å². The summed E-state index contributed by atoms with van der Waals surface area (Å²) in [6.45, 7) is 4.62. The Bertz CT molecular complexity index is 327. The Morgan fingerprint density at radius 3 is 2.35 bits per heavy atom. The van der Waals surface area contributed by atoms with E-state index in [9.17, 15) is 0 Å². The third-order valence-corrected chi connectivity index (χ3v) is 4.25. The first-order valence-corrected chi connectivity index (χ1v) is 7.08. The van der Waals surface area contributed by atoms with Crippen LogP contribution in [0.4, 0.5) is 0 Å². The van der Waals surface area contributed by atoms with E-state index >= 15 is 0 Å². The van der Waals surface area contributed by atoms with Crippen molar-refractivity contribution in [3.05, 3.63) is 35.9 Å². The summed E-state index contributed by atoms with van der Waals surface area (Å²) in [6, 6.07) is 11.6. The van der Waals surface area contributed by atoms with Crippen molar-refractivity contribution in [2.24, 2.45) is 0 Å². The fourth-order valence-corrected chi connectivity index (χ4v) is 2.89. The van der Waals surface area contributed by atoms with E-state index < -0.39 is 0 Å². The van der Waals surface area contributed by atoms with Crippen LogP contribution < -0.4 is 5.32 Å². The highest BCUT2D eigenvalue weighted by Gasteiger charge is 2.27. The molecule has 17 heavy (non-hydrogen) atoms. The average molecular weight is 231 g/mol. The van der Waals surface area contributed by atoms with Gasteiger partial charge in [-0.2, -0.15) is 0 Å². The van der Waals surface area contributed by atoms with Crippen molar-refractivity contribution in [3.8, 4) is 0 Å². The molecule has 2 rings (SSSR count). The molecule has 0 aliphatic heterocycles. The molecule has 1 saturated carbocycles. The molecule has 1 unspecified atom stereocenters. The topological polar surface area (TPSA) is 12.0 Å². The minimum absolute atomic E-state index is 0.142. The minimum atomic E-state index is 0.142. The zero-order valence-electron chi connectivity index (χ0n) is 11.2. The van der Waals surface area contributed by atoms with E-state index in [0.29, 0.717) is 6.04 Å². The fourth-order valence-electron chi connectivity index (χ4n) is 2.89. The number of benzene rings is 1. The molecular formula is C16H25N. The first-order valence-electron chi connectivity index (χ1n) is 7.08. The van der Waals surface area contributed by atoms with Crippen molar-refractivity contribution < 1.29 is 0 Å². The number of nitrogens with one attached hydrogen (secondary N) is 1. The number of hydrogen-bond donors (Lipinski definition) is 1. The molecule has 0 aromatic heterocycles. The van der Waals surface area contributed by atoms with Gasteiger partial charge in [0.05, 0.1) is 0 Å². The van der Waals surface area contributed by atoms with Crippen LogP contribution in [-0.4, -0.2) is 6.04 Å². The highest BCUT2D eigenvalue weighted by atomic mass is 15.0. The van der Waals surface area contributed by atoms with Gasteiger partial charge in [0.15, 0.2) is 0 Å². The molecule has 0 bridgehead atoms. The van der Waals surface area contributed by atoms with Gasteiger partial charge in [0, 0.05) is 11.6 Å². The Morgan fingerprint density at radius 1 is 1.12 bits per heavy atom. The van der Waals surface area contributed by atoms with Gasteiger partial charge in [0.1, 0.15) is 0 Å². The largest absolute Gasteiger partial charge is 0.305 e. The molecule has 0 radical (unpaired) electrons. The molecule has 1 aromatic rings. The van der Waals surface area contributed by atoms with Gasteiger partial charge in [-0.3, -0.25) is 0 Å². The second-order valence-corrected chi connectivity index (χ2v) is 5.53. The lowest BCUT2D eigenvalue weighted by atomic mass is 9.86. The van der Waals surface area contributed by atoms with Crippen molar-refractivity contribution in [3.63, 3.8) is 0 Å². The van der Waals surface area contributed by atoms with Gasteiger partial charge in [-0.05, 0) is 31.7 Å². The van der Waals surface area contributed by atoms with E-state index in [4.69, 9.17) is 0 Å². The Morgan fingerprint density at radius 2 is 1.76 bits per heavy atom. The standard InChI is InChI=1S/C16H25N/c1-3-16(2,14-10-6-4-7-11-14)17-15-12-8-5-9-13-15/h4,6-7,10-11,15,17H,3,5,8-9,12-13H2,1-2H3. The normalized spacial score (nSPS) is 21.1. The van der Waals surface area contributed by atoms with Gasteiger partial charge in [-0.25, -0.2) is 0 Å². The fraction of sp³-hybridized carbons (Fsp3) is 0.625. The van der Waals surface area contributed by atoms with Crippen molar-refractivity contribution >= 4 is 0 Å². The summed E-state index contributed by atoms with van der Waals surface area (Å²) >= 11 is 0. The zero-order chi connectivity index (χ0) is 12.1. The molecular weight excluding hydrogens is 206 g/mol. The quantitative estimate of drug-likeness (QED) is 0.817. The Balaban J connectivity index is 2.08. The molecule has 1 aromatic carbocycles. The van der Waals surface area contributed by atoms with Gasteiger partial charge in [0.25, 0.3) is 0 Å². The second-order valence-electron chi connectivity index (χ2n) is 5.53. The summed E-state index contributed by atoms with van der Waals surface area (Å²) in [7, 11) is 0. The Hall–Kier alpha value is -0.820. The number of hydrogen-bond acceptors (Lipinski definition) is 1. The highest BCUT2D eigenvalue weighted by molar-refractivity contribution is 5.23. The molecule has 0 heterocycles. The van der Waals surface area contributed by atoms with Crippen LogP contribution in [0.5, 0.6) is 0 Å². The van der Waals surface area contributed by atoms with E-state index in [1.54, 1.807) is 0 Å². The maximum atomic E-state index is 3.90. The lowest BCUT2D eigenvalue weighted by Crippen LogP contribution is -2.46. The maximum Gasteiger partial charge on any atom is 0.0405 e. The first-order chi connectivity index (χ1) is 8.24. The molecule has 1 aliphatic rings. The van der Waals surface area contributed by atoms with Crippen molar-refractivity contribution in [1.82, 2.24) is 5.32 Å². The molecule has 1 fully saturated rings. The smallest absolute Gasteiger partial charge is 0.0405 e. The summed E-state index contributed by atoms with van der Waals surface area (Å²) in [6.07, 6.45) is 8.06. The van der Waals surface area contributed by atoms with Crippen LogP contribution in [0.3, 0.4) is 0 Å². The van der Waals surface area contributed by atoms with Crippen molar-refractivity contribution in [2.45, 2.75) is 64.0 Å². The lowest BCUT2D eigenvalue weighted by Gasteiger charge is -2.36. The maximum absolute atomic E-state index is 3.90. The second kappa shape index (κ2) is 5.68. The SMILES string of the molecule is CCC(C)(NC1CCCCC1)c1ccccc1. The van der Waals surface area contributed by atoms with Gasteiger partial charge in [-0.1, -0.05) is 56.5 Å². The molecule has 1 aliphatic carbocycles. The van der Waals surface area contributed by atoms with E-state index in [0.717, 1.165) is 6.42 Å². The highest BCUT2D eigenvalue weighted by Crippen LogP contribution is 2.28. The van der Waals surface area contributed by atoms with Crippen LogP contribution in [0.25, 0.3) is 0 Å². The molecule has 1 heteroatoms. The molecule has 94 valence electrons. The van der Waals surface area contributed by atoms with Crippen molar-refractivity contribution in [1.29, 1.82) is 0 Å². The molecule has 1 N–H and O–H groups in total. The summed E-state index contributed by atoms with van der Waals surface area (Å²) < 4.78 is 0. The Kier molecular flexibility index (Phi) is 4.22. The third-order valence-electron chi connectivity index (χ3n) is 4.25.